The van der Waals surface area contributed by atoms with Crippen molar-refractivity contribution in [2.24, 2.45) is 5.92 Å². The van der Waals surface area contributed by atoms with Gasteiger partial charge in [-0.2, -0.15) is 13.2 Å². The molecule has 280 valence electrons. The molecule has 0 spiro atoms. The van der Waals surface area contributed by atoms with Gasteiger partial charge in [0.15, 0.2) is 6.29 Å². The van der Waals surface area contributed by atoms with Gasteiger partial charge in [-0.1, -0.05) is 97.9 Å². The average molecular weight is 730 g/mol. The Bertz CT molecular complexity index is 1850. The summed E-state index contributed by atoms with van der Waals surface area (Å²) in [6, 6.07) is 32.7. The van der Waals surface area contributed by atoms with Crippen LogP contribution in [0.2, 0.25) is 0 Å². The third-order valence-electron chi connectivity index (χ3n) is 10.5. The van der Waals surface area contributed by atoms with Gasteiger partial charge in [0.1, 0.15) is 6.04 Å². The highest BCUT2D eigenvalue weighted by atomic mass is 19.4. The fourth-order valence-electron chi connectivity index (χ4n) is 7.23. The molecular weight excluding hydrogens is 683 g/mol. The van der Waals surface area contributed by atoms with E-state index in [1.807, 2.05) is 91.0 Å². The summed E-state index contributed by atoms with van der Waals surface area (Å²) in [7, 11) is 2.10. The Morgan fingerprint density at radius 2 is 1.60 bits per heavy atom. The molecule has 2 aliphatic heterocycles. The minimum atomic E-state index is -5.03. The highest BCUT2D eigenvalue weighted by molar-refractivity contribution is 5.90. The summed E-state index contributed by atoms with van der Waals surface area (Å²) in [5, 5.41) is 12.4. The molecule has 0 radical (unpaired) electrons. The van der Waals surface area contributed by atoms with E-state index >= 15 is 0 Å². The van der Waals surface area contributed by atoms with Crippen LogP contribution < -0.4 is 5.32 Å². The molecule has 0 aliphatic carbocycles. The average Bonchev–Trinajstić information content (AvgIpc) is 3.67. The fourth-order valence-corrected chi connectivity index (χ4v) is 7.23. The normalized spacial score (nSPS) is 22.5. The van der Waals surface area contributed by atoms with Crippen molar-refractivity contribution >= 4 is 11.8 Å². The molecule has 2 saturated heterocycles. The van der Waals surface area contributed by atoms with Gasteiger partial charge in [0.05, 0.1) is 18.8 Å². The molecule has 2 aliphatic rings. The van der Waals surface area contributed by atoms with Crippen LogP contribution in [0.4, 0.5) is 13.2 Å². The van der Waals surface area contributed by atoms with E-state index in [2.05, 4.69) is 43.2 Å². The second kappa shape index (κ2) is 16.6. The van der Waals surface area contributed by atoms with Crippen molar-refractivity contribution < 1.29 is 37.3 Å². The maximum atomic E-state index is 13.1. The highest BCUT2D eigenvalue weighted by Gasteiger charge is 2.47. The number of benzene rings is 4. The molecule has 6 atom stereocenters. The van der Waals surface area contributed by atoms with Gasteiger partial charge in [-0.25, -0.2) is 0 Å². The molecule has 8 nitrogen and oxygen atoms in total. The van der Waals surface area contributed by atoms with Crippen LogP contribution in [0.15, 0.2) is 103 Å². The smallest absolute Gasteiger partial charge is 0.392 e. The lowest BCUT2D eigenvalue weighted by molar-refractivity contribution is -0.276. The number of rotatable bonds is 11. The van der Waals surface area contributed by atoms with E-state index in [1.54, 1.807) is 0 Å². The Hall–Kier alpha value is -4.55. The van der Waals surface area contributed by atoms with Gasteiger partial charge in [-0.15, -0.1) is 0 Å². The second-order valence-corrected chi connectivity index (χ2v) is 14.0. The predicted molar refractivity (Wildman–Crippen MR) is 195 cm³/mol. The first-order valence-corrected chi connectivity index (χ1v) is 18.0. The van der Waals surface area contributed by atoms with Crippen molar-refractivity contribution in [3.8, 4) is 11.1 Å². The van der Waals surface area contributed by atoms with Crippen LogP contribution in [0.25, 0.3) is 11.1 Å². The fraction of sp³-hybridized carbons (Fsp3) is 0.381. The summed E-state index contributed by atoms with van der Waals surface area (Å²) in [4.78, 5) is 27.7. The predicted octanol–water partition coefficient (Wildman–Crippen LogP) is 7.50. The number of carbonyl (C=O) groups excluding carboxylic acids is 2. The Labute approximate surface area is 308 Å². The minimum Gasteiger partial charge on any atom is -0.392 e. The zero-order valence-electron chi connectivity index (χ0n) is 30.1. The number of aliphatic hydroxyl groups is 1. The summed E-state index contributed by atoms with van der Waals surface area (Å²) in [6.45, 7) is 4.95. The van der Waals surface area contributed by atoms with Gasteiger partial charge in [-0.3, -0.25) is 14.5 Å². The Morgan fingerprint density at radius 3 is 2.30 bits per heavy atom. The van der Waals surface area contributed by atoms with Gasteiger partial charge in [0.2, 0.25) is 5.91 Å². The molecule has 53 heavy (non-hydrogen) atoms. The van der Waals surface area contributed by atoms with E-state index < -0.39 is 30.3 Å². The minimum absolute atomic E-state index is 0.00891. The number of aliphatic hydroxyl groups excluding tert-OH is 1. The number of hydrogen-bond acceptors (Lipinski definition) is 6. The van der Waals surface area contributed by atoms with Crippen LogP contribution in [0.1, 0.15) is 72.9 Å². The topological polar surface area (TPSA) is 91.3 Å². The second-order valence-electron chi connectivity index (χ2n) is 14.0. The lowest BCUT2D eigenvalue weighted by Crippen LogP contribution is -2.50. The standard InChI is InChI=1S/C42H46F3N3O5/c1-27-37(25-47(3)28(2)31-11-5-4-6-12-31)52-40(53-38(27)32-19-17-29(26-49)18-20-32)35-15-8-14-34(23-35)33-13-7-10-30(22-33)24-46-39(50)36-16-9-21-48(36)41(51)42(43,44)45/h4-8,10-15,17-20,22-23,27-28,36-38,40,49H,9,16,21,24-26H2,1-3H3,(H,46,50)/t27-,28-,36-,37+,38+,40+/m0/s1. The first kappa shape index (κ1) is 38.2. The zero-order valence-corrected chi connectivity index (χ0v) is 30.1. The van der Waals surface area contributed by atoms with Gasteiger partial charge < -0.3 is 24.8 Å². The molecule has 2 heterocycles. The third-order valence-corrected chi connectivity index (χ3v) is 10.5. The lowest BCUT2D eigenvalue weighted by atomic mass is 9.89. The van der Waals surface area contributed by atoms with E-state index in [9.17, 15) is 27.9 Å². The monoisotopic (exact) mass is 729 g/mol. The number of halogens is 3. The van der Waals surface area contributed by atoms with Crippen LogP contribution in [0.3, 0.4) is 0 Å². The van der Waals surface area contributed by atoms with Crippen molar-refractivity contribution in [1.29, 1.82) is 0 Å². The first-order chi connectivity index (χ1) is 25.4. The van der Waals surface area contributed by atoms with Crippen LogP contribution >= 0.6 is 0 Å². The Balaban J connectivity index is 1.20. The van der Waals surface area contributed by atoms with Gasteiger partial charge >= 0.3 is 12.1 Å². The van der Waals surface area contributed by atoms with E-state index in [1.165, 1.54) is 5.56 Å². The summed E-state index contributed by atoms with van der Waals surface area (Å²) < 4.78 is 52.8. The Kier molecular flexibility index (Phi) is 12.0. The van der Waals surface area contributed by atoms with Gasteiger partial charge in [0, 0.05) is 37.2 Å². The van der Waals surface area contributed by atoms with Crippen LogP contribution in [-0.4, -0.2) is 65.2 Å². The molecule has 4 aromatic carbocycles. The molecule has 2 N–H and O–H groups in total. The van der Waals surface area contributed by atoms with Crippen molar-refractivity contribution in [3.05, 3.63) is 131 Å². The molecule has 6 rings (SSSR count). The molecule has 4 aromatic rings. The molecule has 0 unspecified atom stereocenters. The van der Waals surface area contributed by atoms with Crippen LogP contribution in [0.5, 0.6) is 0 Å². The lowest BCUT2D eigenvalue weighted by Gasteiger charge is -2.43. The van der Waals surface area contributed by atoms with Crippen molar-refractivity contribution in [2.75, 3.05) is 20.1 Å². The quantitative estimate of drug-likeness (QED) is 0.166. The molecule has 11 heteroatoms. The van der Waals surface area contributed by atoms with E-state index in [0.29, 0.717) is 17.9 Å². The van der Waals surface area contributed by atoms with Crippen LogP contribution in [-0.2, 0) is 32.2 Å². The van der Waals surface area contributed by atoms with E-state index in [-0.39, 0.29) is 50.3 Å². The number of amides is 2. The molecule has 0 bridgehead atoms. The number of nitrogens with zero attached hydrogens (tertiary/aromatic N) is 2. The van der Waals surface area contributed by atoms with E-state index in [4.69, 9.17) is 9.47 Å². The van der Waals surface area contributed by atoms with Crippen molar-refractivity contribution in [3.63, 3.8) is 0 Å². The Morgan fingerprint density at radius 1 is 0.906 bits per heavy atom. The number of likely N-dealkylation sites (tertiary alicyclic amines) is 1. The first-order valence-electron chi connectivity index (χ1n) is 18.0. The summed E-state index contributed by atoms with van der Waals surface area (Å²) in [5.41, 5.74) is 6.41. The number of alkyl halides is 3. The van der Waals surface area contributed by atoms with Gasteiger partial charge in [0.25, 0.3) is 0 Å². The number of nitrogens with one attached hydrogen (secondary N) is 1. The maximum Gasteiger partial charge on any atom is 0.471 e. The van der Waals surface area contributed by atoms with Crippen molar-refractivity contribution in [2.45, 2.75) is 76.6 Å². The van der Waals surface area contributed by atoms with Crippen LogP contribution in [0, 0.1) is 5.92 Å². The summed E-state index contributed by atoms with van der Waals surface area (Å²) in [5.74, 6) is -2.58. The summed E-state index contributed by atoms with van der Waals surface area (Å²) >= 11 is 0. The number of likely N-dealkylation sites (N-methyl/N-ethyl adjacent to an activating group) is 1. The molecule has 2 fully saturated rings. The number of carbonyl (C=O) groups is 2. The van der Waals surface area contributed by atoms with Gasteiger partial charge in [-0.05, 0) is 72.3 Å². The third kappa shape index (κ3) is 8.98. The molecule has 0 aromatic heterocycles. The molecule has 0 saturated carbocycles. The zero-order chi connectivity index (χ0) is 37.7. The summed E-state index contributed by atoms with van der Waals surface area (Å²) in [6.07, 6.45) is -5.63. The SMILES string of the molecule is C[C@H]1[C@@H](CN(C)[C@@H](C)c2ccccc2)O[C@@H](c2cccc(-c3cccc(CNC(=O)[C@@H]4CCCN4C(=O)C(F)(F)F)c3)c2)O[C@H]1c1ccc(CO)cc1. The number of hydrogen-bond donors (Lipinski definition) is 2. The van der Waals surface area contributed by atoms with E-state index in [0.717, 1.165) is 33.4 Å². The number of ether oxygens (including phenoxy) is 2. The highest BCUT2D eigenvalue weighted by Crippen LogP contribution is 2.43. The molecule has 2 amide bonds. The molecular formula is C42H46F3N3O5. The van der Waals surface area contributed by atoms with Crippen molar-refractivity contribution in [1.82, 2.24) is 15.1 Å². The largest absolute Gasteiger partial charge is 0.471 e. The maximum absolute atomic E-state index is 13.1.